The van der Waals surface area contributed by atoms with Crippen molar-refractivity contribution in [3.05, 3.63) is 0 Å². The van der Waals surface area contributed by atoms with E-state index in [1.54, 1.807) is 4.31 Å². The van der Waals surface area contributed by atoms with Crippen molar-refractivity contribution in [1.29, 1.82) is 0 Å². The van der Waals surface area contributed by atoms with Crippen molar-refractivity contribution < 1.29 is 8.42 Å². The molecule has 1 atom stereocenters. The van der Waals surface area contributed by atoms with Gasteiger partial charge in [0.1, 0.15) is 0 Å². The van der Waals surface area contributed by atoms with E-state index < -0.39 is 10.0 Å². The van der Waals surface area contributed by atoms with E-state index in [0.717, 1.165) is 18.8 Å². The number of rotatable bonds is 7. The Bertz CT molecular complexity index is 371. The molecule has 19 heavy (non-hydrogen) atoms. The van der Waals surface area contributed by atoms with E-state index in [1.165, 1.54) is 19.3 Å². The Morgan fingerprint density at radius 3 is 2.26 bits per heavy atom. The Hall–Kier alpha value is -0.130. The van der Waals surface area contributed by atoms with E-state index in [1.807, 2.05) is 6.92 Å². The van der Waals surface area contributed by atoms with Crippen molar-refractivity contribution in [3.8, 4) is 0 Å². The maximum Gasteiger partial charge on any atom is 0.214 e. The molecule has 0 spiro atoms. The van der Waals surface area contributed by atoms with Gasteiger partial charge in [-0.1, -0.05) is 13.8 Å². The van der Waals surface area contributed by atoms with Crippen molar-refractivity contribution in [3.63, 3.8) is 0 Å². The molecule has 1 saturated heterocycles. The predicted octanol–water partition coefficient (Wildman–Crippen LogP) is 1.97. The number of nitrogens with one attached hydrogen (secondary N) is 1. The molecule has 4 nitrogen and oxygen atoms in total. The molecular weight excluding hydrogens is 260 g/mol. The molecule has 1 aliphatic heterocycles. The van der Waals surface area contributed by atoms with Crippen LogP contribution in [-0.4, -0.2) is 43.6 Å². The highest BCUT2D eigenvalue weighted by Crippen LogP contribution is 2.34. The maximum atomic E-state index is 12.0. The second-order valence-electron chi connectivity index (χ2n) is 6.01. The number of hydrogen-bond donors (Lipinski definition) is 1. The maximum absolute atomic E-state index is 12.0. The van der Waals surface area contributed by atoms with Crippen molar-refractivity contribution in [2.24, 2.45) is 5.92 Å². The minimum atomic E-state index is -2.99. The largest absolute Gasteiger partial charge is 0.311 e. The van der Waals surface area contributed by atoms with Gasteiger partial charge in [-0.25, -0.2) is 12.7 Å². The minimum Gasteiger partial charge on any atom is -0.311 e. The molecule has 0 aromatic heterocycles. The van der Waals surface area contributed by atoms with Crippen LogP contribution in [0, 0.1) is 5.92 Å². The van der Waals surface area contributed by atoms with E-state index >= 15 is 0 Å². The van der Waals surface area contributed by atoms with Gasteiger partial charge in [-0.05, 0) is 44.4 Å². The zero-order valence-electron chi connectivity index (χ0n) is 12.3. The highest BCUT2D eigenvalue weighted by molar-refractivity contribution is 7.89. The van der Waals surface area contributed by atoms with Gasteiger partial charge in [-0.3, -0.25) is 0 Å². The first-order chi connectivity index (χ1) is 9.06. The van der Waals surface area contributed by atoms with E-state index in [4.69, 9.17) is 0 Å². The van der Waals surface area contributed by atoms with E-state index in [-0.39, 0.29) is 0 Å². The molecule has 5 heteroatoms. The summed E-state index contributed by atoms with van der Waals surface area (Å²) in [6, 6.07) is 1.17. The molecule has 1 aliphatic carbocycles. The predicted molar refractivity (Wildman–Crippen MR) is 78.6 cm³/mol. The van der Waals surface area contributed by atoms with Crippen LogP contribution in [0.4, 0.5) is 0 Å². The van der Waals surface area contributed by atoms with Crippen molar-refractivity contribution in [2.75, 3.05) is 18.8 Å². The lowest BCUT2D eigenvalue weighted by molar-refractivity contribution is 0.263. The molecule has 1 heterocycles. The molecule has 1 unspecified atom stereocenters. The number of piperidine rings is 1. The Balaban J connectivity index is 1.78. The van der Waals surface area contributed by atoms with Gasteiger partial charge in [0.2, 0.25) is 10.0 Å². The van der Waals surface area contributed by atoms with Gasteiger partial charge in [0.05, 0.1) is 5.75 Å². The summed E-state index contributed by atoms with van der Waals surface area (Å²) >= 11 is 0. The molecule has 1 N–H and O–H groups in total. The lowest BCUT2D eigenvalue weighted by Crippen LogP contribution is -2.48. The summed E-state index contributed by atoms with van der Waals surface area (Å²) in [6.07, 6.45) is 6.57. The standard InChI is InChI=1S/C14H28N2O2S/c1-3-11-19(17,18)16-9-7-13(8-10-16)15-14(4-2)12-5-6-12/h12-15H,3-11H2,1-2H3. The third-order valence-corrected chi connectivity index (χ3v) is 6.47. The van der Waals surface area contributed by atoms with Crippen LogP contribution < -0.4 is 5.32 Å². The zero-order valence-corrected chi connectivity index (χ0v) is 13.1. The van der Waals surface area contributed by atoms with Crippen LogP contribution in [-0.2, 0) is 10.0 Å². The Labute approximate surface area is 118 Å². The molecule has 0 radical (unpaired) electrons. The molecule has 2 aliphatic rings. The van der Waals surface area contributed by atoms with Crippen molar-refractivity contribution in [1.82, 2.24) is 9.62 Å². The number of sulfonamides is 1. The Kier molecular flexibility index (Phi) is 5.26. The molecule has 0 aromatic rings. The average molecular weight is 288 g/mol. The Morgan fingerprint density at radius 1 is 1.16 bits per heavy atom. The van der Waals surface area contributed by atoms with E-state index in [2.05, 4.69) is 12.2 Å². The fourth-order valence-corrected chi connectivity index (χ4v) is 4.62. The summed E-state index contributed by atoms with van der Waals surface area (Å²) < 4.78 is 25.7. The summed E-state index contributed by atoms with van der Waals surface area (Å²) in [5.74, 6) is 1.18. The second-order valence-corrected chi connectivity index (χ2v) is 8.10. The molecule has 2 rings (SSSR count). The molecule has 112 valence electrons. The SMILES string of the molecule is CCCS(=O)(=O)N1CCC(NC(CC)C2CC2)CC1. The van der Waals surface area contributed by atoms with Gasteiger partial charge in [0, 0.05) is 25.2 Å². The quantitative estimate of drug-likeness (QED) is 0.779. The molecule has 0 aromatic carbocycles. The molecular formula is C14H28N2O2S. The number of nitrogens with zero attached hydrogens (tertiary/aromatic N) is 1. The van der Waals surface area contributed by atoms with Gasteiger partial charge in [-0.15, -0.1) is 0 Å². The van der Waals surface area contributed by atoms with Crippen LogP contribution >= 0.6 is 0 Å². The van der Waals surface area contributed by atoms with Crippen LogP contribution in [0.3, 0.4) is 0 Å². The smallest absolute Gasteiger partial charge is 0.214 e. The summed E-state index contributed by atoms with van der Waals surface area (Å²) in [4.78, 5) is 0. The summed E-state index contributed by atoms with van der Waals surface area (Å²) in [7, 11) is -2.99. The highest BCUT2D eigenvalue weighted by atomic mass is 32.2. The lowest BCUT2D eigenvalue weighted by Gasteiger charge is -2.34. The fraction of sp³-hybridized carbons (Fsp3) is 1.00. The minimum absolute atomic E-state index is 0.296. The molecule has 2 fully saturated rings. The summed E-state index contributed by atoms with van der Waals surface area (Å²) in [5, 5.41) is 3.75. The fourth-order valence-electron chi connectivity index (χ4n) is 3.08. The second kappa shape index (κ2) is 6.55. The van der Waals surface area contributed by atoms with E-state index in [0.29, 0.717) is 37.3 Å². The summed E-state index contributed by atoms with van der Waals surface area (Å²) in [5.41, 5.74) is 0. The first kappa shape index (κ1) is 15.3. The van der Waals surface area contributed by atoms with Gasteiger partial charge < -0.3 is 5.32 Å². The van der Waals surface area contributed by atoms with Gasteiger partial charge in [0.25, 0.3) is 0 Å². The van der Waals surface area contributed by atoms with Crippen LogP contribution in [0.15, 0.2) is 0 Å². The van der Waals surface area contributed by atoms with E-state index in [9.17, 15) is 8.42 Å². The van der Waals surface area contributed by atoms with Gasteiger partial charge in [-0.2, -0.15) is 0 Å². The molecule has 1 saturated carbocycles. The Morgan fingerprint density at radius 2 is 1.79 bits per heavy atom. The average Bonchev–Trinajstić information content (AvgIpc) is 3.21. The first-order valence-electron chi connectivity index (χ1n) is 7.80. The highest BCUT2D eigenvalue weighted by Gasteiger charge is 2.33. The van der Waals surface area contributed by atoms with Crippen molar-refractivity contribution in [2.45, 2.75) is 64.5 Å². The first-order valence-corrected chi connectivity index (χ1v) is 9.41. The zero-order chi connectivity index (χ0) is 13.9. The summed E-state index contributed by atoms with van der Waals surface area (Å²) in [6.45, 7) is 5.56. The molecule has 0 bridgehead atoms. The van der Waals surface area contributed by atoms with Crippen molar-refractivity contribution >= 4 is 10.0 Å². The topological polar surface area (TPSA) is 49.4 Å². The third kappa shape index (κ3) is 4.17. The third-order valence-electron chi connectivity index (χ3n) is 4.39. The van der Waals surface area contributed by atoms with Gasteiger partial charge >= 0.3 is 0 Å². The van der Waals surface area contributed by atoms with Crippen LogP contribution in [0.25, 0.3) is 0 Å². The van der Waals surface area contributed by atoms with Crippen LogP contribution in [0.5, 0.6) is 0 Å². The normalized spacial score (nSPS) is 24.5. The van der Waals surface area contributed by atoms with Crippen LogP contribution in [0.2, 0.25) is 0 Å². The van der Waals surface area contributed by atoms with Gasteiger partial charge in [0.15, 0.2) is 0 Å². The lowest BCUT2D eigenvalue weighted by atomic mass is 10.0. The van der Waals surface area contributed by atoms with Crippen LogP contribution in [0.1, 0.15) is 52.4 Å². The molecule has 0 amide bonds. The number of hydrogen-bond acceptors (Lipinski definition) is 3. The monoisotopic (exact) mass is 288 g/mol.